The van der Waals surface area contributed by atoms with Gasteiger partial charge >= 0.3 is 5.69 Å². The van der Waals surface area contributed by atoms with Gasteiger partial charge in [0.1, 0.15) is 11.4 Å². The highest BCUT2D eigenvalue weighted by Gasteiger charge is 2.32. The smallest absolute Gasteiger partial charge is 0.314 e. The Bertz CT molecular complexity index is 476. The summed E-state index contributed by atoms with van der Waals surface area (Å²) in [5.74, 6) is 1.24. The van der Waals surface area contributed by atoms with Gasteiger partial charge in [0.05, 0.1) is 4.92 Å². The van der Waals surface area contributed by atoms with Crippen LogP contribution in [-0.2, 0) is 0 Å². The number of benzene rings is 1. The molecule has 3 N–H and O–H groups in total. The summed E-state index contributed by atoms with van der Waals surface area (Å²) in [7, 11) is 0. The van der Waals surface area contributed by atoms with Gasteiger partial charge in [0.25, 0.3) is 0 Å². The largest absolute Gasteiger partial charge is 0.393 e. The van der Waals surface area contributed by atoms with Crippen LogP contribution >= 0.6 is 0 Å². The third-order valence-electron chi connectivity index (χ3n) is 4.34. The minimum atomic E-state index is -0.408. The van der Waals surface area contributed by atoms with Crippen molar-refractivity contribution in [3.05, 3.63) is 28.3 Å². The second-order valence-electron chi connectivity index (χ2n) is 5.36. The Labute approximate surface area is 113 Å². The van der Waals surface area contributed by atoms with Gasteiger partial charge in [-0.25, -0.2) is 0 Å². The van der Waals surface area contributed by atoms with Crippen LogP contribution in [0.15, 0.2) is 18.2 Å². The number of hydrogen-bond acceptors (Lipinski definition) is 4. The van der Waals surface area contributed by atoms with E-state index in [1.807, 2.05) is 0 Å². The van der Waals surface area contributed by atoms with E-state index in [1.165, 1.54) is 12.8 Å². The van der Waals surface area contributed by atoms with Crippen LogP contribution in [0, 0.1) is 22.0 Å². The number of nitrogens with two attached hydrogens (primary N) is 1. The van der Waals surface area contributed by atoms with Crippen molar-refractivity contribution in [3.8, 4) is 0 Å². The lowest BCUT2D eigenvalue weighted by molar-refractivity contribution is -0.383. The fraction of sp³-hybridized carbons (Fsp3) is 0.571. The minimum Gasteiger partial charge on any atom is -0.393 e. The van der Waals surface area contributed by atoms with Crippen molar-refractivity contribution in [3.63, 3.8) is 0 Å². The Morgan fingerprint density at radius 1 is 1.47 bits per heavy atom. The molecule has 0 aliphatic heterocycles. The SMILES string of the molecule is CCC1CCC(Nc2cccc(N)c2[N+](=O)[O-])C1C. The number of nitro benzene ring substituents is 1. The molecule has 0 saturated heterocycles. The fourth-order valence-electron chi connectivity index (χ4n) is 3.11. The molecule has 1 fully saturated rings. The number of para-hydroxylation sites is 1. The molecule has 0 bridgehead atoms. The van der Waals surface area contributed by atoms with Crippen LogP contribution in [0.5, 0.6) is 0 Å². The molecule has 2 rings (SSSR count). The first-order valence-electron chi connectivity index (χ1n) is 6.84. The van der Waals surface area contributed by atoms with Crippen LogP contribution < -0.4 is 11.1 Å². The zero-order valence-corrected chi connectivity index (χ0v) is 11.4. The summed E-state index contributed by atoms with van der Waals surface area (Å²) in [5.41, 5.74) is 6.45. The maximum atomic E-state index is 11.1. The highest BCUT2D eigenvalue weighted by molar-refractivity contribution is 5.74. The molecule has 104 valence electrons. The van der Waals surface area contributed by atoms with Gasteiger partial charge in [-0.05, 0) is 36.8 Å². The number of rotatable bonds is 4. The van der Waals surface area contributed by atoms with Gasteiger partial charge in [-0.3, -0.25) is 10.1 Å². The molecule has 5 nitrogen and oxygen atoms in total. The van der Waals surface area contributed by atoms with E-state index in [0.29, 0.717) is 23.6 Å². The van der Waals surface area contributed by atoms with Crippen LogP contribution in [0.3, 0.4) is 0 Å². The second-order valence-corrected chi connectivity index (χ2v) is 5.36. The molecule has 0 heterocycles. The maximum Gasteiger partial charge on any atom is 0.314 e. The van der Waals surface area contributed by atoms with E-state index < -0.39 is 4.92 Å². The van der Waals surface area contributed by atoms with Crippen molar-refractivity contribution < 1.29 is 4.92 Å². The molecule has 0 aromatic heterocycles. The highest BCUT2D eigenvalue weighted by atomic mass is 16.6. The summed E-state index contributed by atoms with van der Waals surface area (Å²) in [6.45, 7) is 4.42. The molecule has 0 spiro atoms. The summed E-state index contributed by atoms with van der Waals surface area (Å²) in [6, 6.07) is 5.35. The molecule has 0 amide bonds. The molecule has 1 aromatic rings. The van der Waals surface area contributed by atoms with Crippen molar-refractivity contribution in [2.75, 3.05) is 11.1 Å². The van der Waals surface area contributed by atoms with Crippen LogP contribution in [-0.4, -0.2) is 11.0 Å². The van der Waals surface area contributed by atoms with Gasteiger partial charge < -0.3 is 11.1 Å². The number of hydrogen-bond donors (Lipinski definition) is 2. The van der Waals surface area contributed by atoms with Crippen molar-refractivity contribution in [2.24, 2.45) is 11.8 Å². The molecular weight excluding hydrogens is 242 g/mol. The topological polar surface area (TPSA) is 81.2 Å². The van der Waals surface area contributed by atoms with E-state index in [4.69, 9.17) is 5.73 Å². The van der Waals surface area contributed by atoms with E-state index in [0.717, 1.165) is 6.42 Å². The van der Waals surface area contributed by atoms with Crippen molar-refractivity contribution >= 4 is 17.1 Å². The third kappa shape index (κ3) is 2.64. The van der Waals surface area contributed by atoms with Crippen LogP contribution in [0.2, 0.25) is 0 Å². The minimum absolute atomic E-state index is 0.00496. The first kappa shape index (κ1) is 13.6. The zero-order valence-electron chi connectivity index (χ0n) is 11.4. The van der Waals surface area contributed by atoms with Gasteiger partial charge in [-0.2, -0.15) is 0 Å². The lowest BCUT2D eigenvalue weighted by Crippen LogP contribution is -2.25. The first-order chi connectivity index (χ1) is 9.04. The Balaban J connectivity index is 2.20. The quantitative estimate of drug-likeness (QED) is 0.495. The monoisotopic (exact) mass is 263 g/mol. The molecule has 1 aromatic carbocycles. The Morgan fingerprint density at radius 3 is 2.79 bits per heavy atom. The summed E-state index contributed by atoms with van der Waals surface area (Å²) in [6.07, 6.45) is 3.41. The van der Waals surface area contributed by atoms with E-state index in [-0.39, 0.29) is 11.4 Å². The van der Waals surface area contributed by atoms with Gasteiger partial charge in [0, 0.05) is 6.04 Å². The molecule has 3 unspecified atom stereocenters. The van der Waals surface area contributed by atoms with Gasteiger partial charge in [-0.1, -0.05) is 26.3 Å². The molecule has 1 saturated carbocycles. The molecule has 5 heteroatoms. The third-order valence-corrected chi connectivity index (χ3v) is 4.34. The lowest BCUT2D eigenvalue weighted by Gasteiger charge is -2.22. The fourth-order valence-corrected chi connectivity index (χ4v) is 3.11. The van der Waals surface area contributed by atoms with Crippen molar-refractivity contribution in [1.29, 1.82) is 0 Å². The lowest BCUT2D eigenvalue weighted by atomic mass is 9.93. The normalized spacial score (nSPS) is 26.3. The van der Waals surface area contributed by atoms with E-state index in [2.05, 4.69) is 19.2 Å². The number of anilines is 2. The van der Waals surface area contributed by atoms with E-state index >= 15 is 0 Å². The standard InChI is InChI=1S/C14H21N3O2/c1-3-10-7-8-12(9(10)2)16-13-6-4-5-11(15)14(13)17(18)19/h4-6,9-10,12,16H,3,7-8,15H2,1-2H3. The number of nitrogens with zero attached hydrogens (tertiary/aromatic N) is 1. The zero-order chi connectivity index (χ0) is 14.0. The average Bonchev–Trinajstić information content (AvgIpc) is 2.70. The van der Waals surface area contributed by atoms with Gasteiger partial charge in [-0.15, -0.1) is 0 Å². The molecule has 19 heavy (non-hydrogen) atoms. The second kappa shape index (κ2) is 5.47. The Kier molecular flexibility index (Phi) is 3.93. The predicted molar refractivity (Wildman–Crippen MR) is 77.1 cm³/mol. The van der Waals surface area contributed by atoms with Crippen LogP contribution in [0.25, 0.3) is 0 Å². The molecular formula is C14H21N3O2. The molecule has 3 atom stereocenters. The molecule has 1 aliphatic rings. The van der Waals surface area contributed by atoms with Crippen molar-refractivity contribution in [2.45, 2.75) is 39.2 Å². The summed E-state index contributed by atoms with van der Waals surface area (Å²) in [5, 5.41) is 14.4. The van der Waals surface area contributed by atoms with Crippen molar-refractivity contribution in [1.82, 2.24) is 0 Å². The van der Waals surface area contributed by atoms with E-state index in [1.54, 1.807) is 18.2 Å². The molecule has 0 radical (unpaired) electrons. The summed E-state index contributed by atoms with van der Waals surface area (Å²) < 4.78 is 0. The van der Waals surface area contributed by atoms with Crippen LogP contribution in [0.4, 0.5) is 17.1 Å². The Morgan fingerprint density at radius 2 is 2.21 bits per heavy atom. The highest BCUT2D eigenvalue weighted by Crippen LogP contribution is 2.38. The van der Waals surface area contributed by atoms with Crippen LogP contribution in [0.1, 0.15) is 33.1 Å². The predicted octanol–water partition coefficient (Wildman–Crippen LogP) is 3.41. The Hall–Kier alpha value is -1.78. The van der Waals surface area contributed by atoms with Gasteiger partial charge in [0.15, 0.2) is 0 Å². The summed E-state index contributed by atoms with van der Waals surface area (Å²) in [4.78, 5) is 10.7. The summed E-state index contributed by atoms with van der Waals surface area (Å²) >= 11 is 0. The number of nitrogens with one attached hydrogen (secondary N) is 1. The average molecular weight is 263 g/mol. The van der Waals surface area contributed by atoms with Gasteiger partial charge in [0.2, 0.25) is 0 Å². The number of nitrogen functional groups attached to an aromatic ring is 1. The van der Waals surface area contributed by atoms with E-state index in [9.17, 15) is 10.1 Å². The molecule has 1 aliphatic carbocycles. The maximum absolute atomic E-state index is 11.1. The number of nitro groups is 1. The first-order valence-corrected chi connectivity index (χ1v) is 6.84.